The molecule has 0 amide bonds. The van der Waals surface area contributed by atoms with Crippen LogP contribution in [0.1, 0.15) is 43.5 Å². The monoisotopic (exact) mass is 429 g/mol. The van der Waals surface area contributed by atoms with Gasteiger partial charge in [0.05, 0.1) is 31.1 Å². The summed E-state index contributed by atoms with van der Waals surface area (Å²) in [6, 6.07) is 4.30. The van der Waals surface area contributed by atoms with Crippen molar-refractivity contribution in [3.8, 4) is 17.1 Å². The molecule has 2 aromatic rings. The number of aromatic nitrogens is 2. The molecule has 7 nitrogen and oxygen atoms in total. The minimum atomic E-state index is -0.149. The molecule has 0 aliphatic heterocycles. The van der Waals surface area contributed by atoms with Crippen LogP contribution in [0.25, 0.3) is 11.4 Å². The van der Waals surface area contributed by atoms with E-state index < -0.39 is 0 Å². The first-order chi connectivity index (χ1) is 15.1. The third-order valence-corrected chi connectivity index (χ3v) is 5.99. The summed E-state index contributed by atoms with van der Waals surface area (Å²) >= 11 is 0. The Bertz CT molecular complexity index is 955. The maximum absolute atomic E-state index is 13.5. The zero-order valence-electron chi connectivity index (χ0n) is 19.4. The van der Waals surface area contributed by atoms with Gasteiger partial charge in [0.2, 0.25) is 0 Å². The molecule has 170 valence electrons. The Morgan fingerprint density at radius 2 is 1.84 bits per heavy atom. The number of hydrogen-bond acceptors (Lipinski definition) is 6. The summed E-state index contributed by atoms with van der Waals surface area (Å²) in [6.07, 6.45) is 5.03. The van der Waals surface area contributed by atoms with Crippen LogP contribution in [-0.4, -0.2) is 50.1 Å². The van der Waals surface area contributed by atoms with Gasteiger partial charge in [-0.15, -0.1) is 0 Å². The van der Waals surface area contributed by atoms with Crippen LogP contribution in [0.2, 0.25) is 0 Å². The maximum Gasteiger partial charge on any atom is 0.277 e. The summed E-state index contributed by atoms with van der Waals surface area (Å²) in [6.45, 7) is 5.42. The highest BCUT2D eigenvalue weighted by Gasteiger charge is 2.22. The number of fused-ring (bicyclic) bond motifs is 1. The number of nitrogens with one attached hydrogen (secondary N) is 1. The summed E-state index contributed by atoms with van der Waals surface area (Å²) in [5, 5.41) is 3.27. The van der Waals surface area contributed by atoms with Gasteiger partial charge in [-0.05, 0) is 62.3 Å². The number of anilines is 1. The predicted octanol–water partition coefficient (Wildman–Crippen LogP) is 3.45. The lowest BCUT2D eigenvalue weighted by atomic mass is 9.89. The lowest BCUT2D eigenvalue weighted by Crippen LogP contribution is -2.32. The van der Waals surface area contributed by atoms with E-state index in [9.17, 15) is 4.79 Å². The summed E-state index contributed by atoms with van der Waals surface area (Å²) in [5.74, 6) is 1.44. The summed E-state index contributed by atoms with van der Waals surface area (Å²) in [4.78, 5) is 18.4. The van der Waals surface area contributed by atoms with E-state index in [0.717, 1.165) is 29.8 Å². The molecule has 1 heterocycles. The van der Waals surface area contributed by atoms with Crippen LogP contribution in [0.4, 0.5) is 5.69 Å². The van der Waals surface area contributed by atoms with Crippen molar-refractivity contribution in [2.45, 2.75) is 58.6 Å². The van der Waals surface area contributed by atoms with E-state index in [1.54, 1.807) is 25.9 Å². The third-order valence-electron chi connectivity index (χ3n) is 5.99. The van der Waals surface area contributed by atoms with Crippen molar-refractivity contribution in [3.05, 3.63) is 39.3 Å². The van der Waals surface area contributed by atoms with Gasteiger partial charge in [-0.1, -0.05) is 6.92 Å². The topological polar surface area (TPSA) is 74.6 Å². The molecule has 0 saturated heterocycles. The Balaban J connectivity index is 2.08. The molecule has 1 atom stereocenters. The molecule has 31 heavy (non-hydrogen) atoms. The highest BCUT2D eigenvalue weighted by atomic mass is 16.5. The third kappa shape index (κ3) is 4.93. The number of rotatable bonds is 10. The van der Waals surface area contributed by atoms with Gasteiger partial charge in [-0.25, -0.2) is 4.98 Å². The number of methoxy groups -OCH3 is 3. The second-order valence-corrected chi connectivity index (χ2v) is 7.88. The van der Waals surface area contributed by atoms with E-state index in [-0.39, 0.29) is 11.7 Å². The van der Waals surface area contributed by atoms with Crippen LogP contribution in [0.5, 0.6) is 5.75 Å². The molecule has 0 bridgehead atoms. The second-order valence-electron chi connectivity index (χ2n) is 7.88. The van der Waals surface area contributed by atoms with Crippen LogP contribution in [-0.2, 0) is 35.3 Å². The van der Waals surface area contributed by atoms with Gasteiger partial charge in [-0.3, -0.25) is 9.36 Å². The van der Waals surface area contributed by atoms with Crippen molar-refractivity contribution in [3.63, 3.8) is 0 Å². The number of ether oxygens (including phenoxy) is 3. The SMILES string of the molecule is CCc1nc(-c2cc3c(cc2OC)CCCC3)n(CC)c(=O)c1NCC(COC)OC. The van der Waals surface area contributed by atoms with Crippen molar-refractivity contribution >= 4 is 5.69 Å². The van der Waals surface area contributed by atoms with E-state index in [1.807, 2.05) is 13.8 Å². The first-order valence-corrected chi connectivity index (χ1v) is 11.2. The minimum Gasteiger partial charge on any atom is -0.496 e. The number of hydrogen-bond donors (Lipinski definition) is 1. The molecule has 7 heteroatoms. The molecule has 1 N–H and O–H groups in total. The van der Waals surface area contributed by atoms with Crippen molar-refractivity contribution < 1.29 is 14.2 Å². The van der Waals surface area contributed by atoms with Gasteiger partial charge in [0.25, 0.3) is 5.56 Å². The van der Waals surface area contributed by atoms with Crippen LogP contribution >= 0.6 is 0 Å². The van der Waals surface area contributed by atoms with Crippen molar-refractivity contribution in [2.75, 3.05) is 39.8 Å². The quantitative estimate of drug-likeness (QED) is 0.624. The number of benzene rings is 1. The lowest BCUT2D eigenvalue weighted by Gasteiger charge is -2.22. The Morgan fingerprint density at radius 3 is 2.42 bits per heavy atom. The molecule has 0 fully saturated rings. The fraction of sp³-hybridized carbons (Fsp3) is 0.583. The number of nitrogens with zero attached hydrogens (tertiary/aromatic N) is 2. The highest BCUT2D eigenvalue weighted by Crippen LogP contribution is 2.35. The molecule has 0 saturated carbocycles. The fourth-order valence-corrected chi connectivity index (χ4v) is 4.25. The zero-order valence-corrected chi connectivity index (χ0v) is 19.4. The van der Waals surface area contributed by atoms with E-state index in [4.69, 9.17) is 19.2 Å². The normalized spacial score (nSPS) is 14.2. The van der Waals surface area contributed by atoms with Crippen LogP contribution in [0, 0.1) is 0 Å². The van der Waals surface area contributed by atoms with E-state index in [1.165, 1.54) is 24.0 Å². The Hall–Kier alpha value is -2.38. The molecule has 1 aliphatic rings. The molecule has 1 aliphatic carbocycles. The molecule has 1 aromatic heterocycles. The molecular weight excluding hydrogens is 394 g/mol. The molecule has 1 unspecified atom stereocenters. The lowest BCUT2D eigenvalue weighted by molar-refractivity contribution is 0.0365. The van der Waals surface area contributed by atoms with Gasteiger partial charge in [-0.2, -0.15) is 0 Å². The Morgan fingerprint density at radius 1 is 1.13 bits per heavy atom. The van der Waals surface area contributed by atoms with Gasteiger partial charge in [0, 0.05) is 27.3 Å². The highest BCUT2D eigenvalue weighted by molar-refractivity contribution is 5.68. The average Bonchev–Trinajstić information content (AvgIpc) is 2.80. The van der Waals surface area contributed by atoms with Gasteiger partial charge >= 0.3 is 0 Å². The molecule has 0 radical (unpaired) electrons. The van der Waals surface area contributed by atoms with Gasteiger partial charge in [0.1, 0.15) is 17.3 Å². The Labute approximate surface area is 184 Å². The standard InChI is InChI=1S/C24H35N3O4/c1-6-20-22(25-14-18(30-4)15-29-3)24(28)27(7-2)23(26-20)19-12-16-10-8-9-11-17(16)13-21(19)31-5/h12-13,18,25H,6-11,14-15H2,1-5H3. The zero-order chi connectivity index (χ0) is 22.4. The average molecular weight is 430 g/mol. The van der Waals surface area contributed by atoms with Gasteiger partial charge < -0.3 is 19.5 Å². The summed E-state index contributed by atoms with van der Waals surface area (Å²) in [7, 11) is 4.95. The van der Waals surface area contributed by atoms with Crippen molar-refractivity contribution in [1.29, 1.82) is 0 Å². The molecule has 0 spiro atoms. The maximum atomic E-state index is 13.5. The minimum absolute atomic E-state index is 0.0728. The second kappa shape index (κ2) is 10.8. The van der Waals surface area contributed by atoms with Crippen molar-refractivity contribution in [2.24, 2.45) is 0 Å². The van der Waals surface area contributed by atoms with Crippen molar-refractivity contribution in [1.82, 2.24) is 9.55 Å². The van der Waals surface area contributed by atoms with Crippen LogP contribution in [0.15, 0.2) is 16.9 Å². The molecule has 3 rings (SSSR count). The largest absolute Gasteiger partial charge is 0.496 e. The van der Waals surface area contributed by atoms with Crippen LogP contribution in [0.3, 0.4) is 0 Å². The molecular formula is C24H35N3O4. The van der Waals surface area contributed by atoms with Crippen LogP contribution < -0.4 is 15.6 Å². The first-order valence-electron chi connectivity index (χ1n) is 11.2. The molecule has 1 aromatic carbocycles. The van der Waals surface area contributed by atoms with E-state index in [0.29, 0.717) is 37.6 Å². The number of aryl methyl sites for hydroxylation is 3. The smallest absolute Gasteiger partial charge is 0.277 e. The summed E-state index contributed by atoms with van der Waals surface area (Å²) in [5.41, 5.74) is 4.77. The van der Waals surface area contributed by atoms with E-state index >= 15 is 0 Å². The first kappa shape index (κ1) is 23.3. The fourth-order valence-electron chi connectivity index (χ4n) is 4.25. The van der Waals surface area contributed by atoms with E-state index in [2.05, 4.69) is 17.4 Å². The van der Waals surface area contributed by atoms with Gasteiger partial charge in [0.15, 0.2) is 0 Å². The summed E-state index contributed by atoms with van der Waals surface area (Å²) < 4.78 is 18.1. The Kier molecular flexibility index (Phi) is 8.09. The predicted molar refractivity (Wildman–Crippen MR) is 123 cm³/mol.